The van der Waals surface area contributed by atoms with Gasteiger partial charge in [-0.2, -0.15) is 0 Å². The van der Waals surface area contributed by atoms with Gasteiger partial charge in [0.25, 0.3) is 0 Å². The van der Waals surface area contributed by atoms with Crippen molar-refractivity contribution in [2.45, 2.75) is 32.7 Å². The van der Waals surface area contributed by atoms with Gasteiger partial charge in [0.1, 0.15) is 5.75 Å². The number of aryl methyl sites for hydroxylation is 2. The zero-order chi connectivity index (χ0) is 17.1. The fourth-order valence-corrected chi connectivity index (χ4v) is 3.46. The molecule has 1 saturated heterocycles. The number of aromatic nitrogens is 1. The second-order valence-electron chi connectivity index (χ2n) is 6.36. The minimum atomic E-state index is -0.0282. The molecule has 3 rings (SSSR count). The minimum Gasteiger partial charge on any atom is -0.497 e. The molecular formula is C19H25N3O2. The van der Waals surface area contributed by atoms with E-state index in [2.05, 4.69) is 35.9 Å². The van der Waals surface area contributed by atoms with Crippen LogP contribution in [0.1, 0.15) is 30.3 Å². The quantitative estimate of drug-likeness (QED) is 0.927. The number of piperidine rings is 1. The Labute approximate surface area is 143 Å². The molecule has 1 aliphatic rings. The molecule has 128 valence electrons. The molecule has 1 aliphatic heterocycles. The molecule has 0 atom stereocenters. The van der Waals surface area contributed by atoms with Gasteiger partial charge in [-0.15, -0.1) is 0 Å². The summed E-state index contributed by atoms with van der Waals surface area (Å²) in [6.07, 6.45) is 1.98. The smallest absolute Gasteiger partial charge is 0.321 e. The van der Waals surface area contributed by atoms with Crippen LogP contribution in [0.4, 0.5) is 10.5 Å². The second kappa shape index (κ2) is 6.99. The van der Waals surface area contributed by atoms with Crippen LogP contribution in [-0.2, 0) is 0 Å². The van der Waals surface area contributed by atoms with Crippen molar-refractivity contribution in [2.75, 3.05) is 25.5 Å². The lowest BCUT2D eigenvalue weighted by atomic mass is 10.0. The lowest BCUT2D eigenvalue weighted by Crippen LogP contribution is -2.41. The van der Waals surface area contributed by atoms with E-state index >= 15 is 0 Å². The Kier molecular flexibility index (Phi) is 4.79. The predicted molar refractivity (Wildman–Crippen MR) is 95.8 cm³/mol. The molecule has 0 radical (unpaired) electrons. The third kappa shape index (κ3) is 3.40. The molecule has 1 aromatic heterocycles. The fraction of sp³-hybridized carbons (Fsp3) is 0.421. The molecule has 0 unspecified atom stereocenters. The number of urea groups is 1. The van der Waals surface area contributed by atoms with Crippen LogP contribution in [0.5, 0.6) is 5.75 Å². The summed E-state index contributed by atoms with van der Waals surface area (Å²) >= 11 is 0. The molecule has 1 N–H and O–H groups in total. The number of rotatable bonds is 3. The standard InChI is InChI=1S/C19H25N3O2/c1-14-4-5-15(2)22(14)17-10-12-21(13-11-17)19(23)20-16-6-8-18(24-3)9-7-16/h4-9,17H,10-13H2,1-3H3,(H,20,23). The van der Waals surface area contributed by atoms with Gasteiger partial charge >= 0.3 is 6.03 Å². The summed E-state index contributed by atoms with van der Waals surface area (Å²) < 4.78 is 7.53. The largest absolute Gasteiger partial charge is 0.497 e. The van der Waals surface area contributed by atoms with E-state index in [1.807, 2.05) is 29.2 Å². The molecule has 5 heteroatoms. The van der Waals surface area contributed by atoms with Crippen LogP contribution < -0.4 is 10.1 Å². The first kappa shape index (κ1) is 16.4. The fourth-order valence-electron chi connectivity index (χ4n) is 3.46. The third-order valence-corrected chi connectivity index (χ3v) is 4.78. The number of anilines is 1. The van der Waals surface area contributed by atoms with Crippen LogP contribution in [0.25, 0.3) is 0 Å². The minimum absolute atomic E-state index is 0.0282. The molecular weight excluding hydrogens is 302 g/mol. The topological polar surface area (TPSA) is 46.5 Å². The van der Waals surface area contributed by atoms with E-state index in [9.17, 15) is 4.79 Å². The summed E-state index contributed by atoms with van der Waals surface area (Å²) in [5.41, 5.74) is 3.39. The number of nitrogens with zero attached hydrogens (tertiary/aromatic N) is 2. The monoisotopic (exact) mass is 327 g/mol. The molecule has 1 fully saturated rings. The number of ether oxygens (including phenoxy) is 1. The van der Waals surface area contributed by atoms with E-state index in [0.29, 0.717) is 6.04 Å². The van der Waals surface area contributed by atoms with Crippen molar-refractivity contribution in [1.82, 2.24) is 9.47 Å². The Hall–Kier alpha value is -2.43. The van der Waals surface area contributed by atoms with Gasteiger partial charge in [0.15, 0.2) is 0 Å². The zero-order valence-electron chi connectivity index (χ0n) is 14.6. The van der Waals surface area contributed by atoms with E-state index in [-0.39, 0.29) is 6.03 Å². The van der Waals surface area contributed by atoms with Crippen molar-refractivity contribution in [3.63, 3.8) is 0 Å². The van der Waals surface area contributed by atoms with Gasteiger partial charge in [0.2, 0.25) is 0 Å². The van der Waals surface area contributed by atoms with Crippen molar-refractivity contribution in [1.29, 1.82) is 0 Å². The molecule has 0 spiro atoms. The Morgan fingerprint density at radius 1 is 1.04 bits per heavy atom. The summed E-state index contributed by atoms with van der Waals surface area (Å²) in [7, 11) is 1.63. The normalized spacial score (nSPS) is 15.4. The summed E-state index contributed by atoms with van der Waals surface area (Å²) in [5.74, 6) is 0.784. The van der Waals surface area contributed by atoms with Crippen LogP contribution in [0.3, 0.4) is 0 Å². The Balaban J connectivity index is 1.57. The summed E-state index contributed by atoms with van der Waals surface area (Å²) in [6.45, 7) is 5.86. The van der Waals surface area contributed by atoms with Crippen LogP contribution in [0.2, 0.25) is 0 Å². The maximum Gasteiger partial charge on any atom is 0.321 e. The number of benzene rings is 1. The van der Waals surface area contributed by atoms with Crippen molar-refractivity contribution in [3.05, 3.63) is 47.8 Å². The highest BCUT2D eigenvalue weighted by molar-refractivity contribution is 5.89. The first-order valence-electron chi connectivity index (χ1n) is 8.43. The molecule has 24 heavy (non-hydrogen) atoms. The first-order chi connectivity index (χ1) is 11.6. The van der Waals surface area contributed by atoms with Crippen LogP contribution in [0.15, 0.2) is 36.4 Å². The predicted octanol–water partition coefficient (Wildman–Crippen LogP) is 3.98. The Morgan fingerprint density at radius 2 is 1.62 bits per heavy atom. The number of hydrogen-bond acceptors (Lipinski definition) is 2. The third-order valence-electron chi connectivity index (χ3n) is 4.78. The van der Waals surface area contributed by atoms with E-state index in [1.54, 1.807) is 7.11 Å². The SMILES string of the molecule is COc1ccc(NC(=O)N2CCC(n3c(C)ccc3C)CC2)cc1. The Morgan fingerprint density at radius 3 is 2.17 bits per heavy atom. The van der Waals surface area contributed by atoms with E-state index in [1.165, 1.54) is 11.4 Å². The number of amides is 2. The highest BCUT2D eigenvalue weighted by Crippen LogP contribution is 2.26. The maximum atomic E-state index is 12.4. The van der Waals surface area contributed by atoms with Crippen molar-refractivity contribution in [2.24, 2.45) is 0 Å². The van der Waals surface area contributed by atoms with Gasteiger partial charge in [0.05, 0.1) is 7.11 Å². The lowest BCUT2D eigenvalue weighted by molar-refractivity contribution is 0.183. The molecule has 1 aromatic carbocycles. The van der Waals surface area contributed by atoms with Gasteiger partial charge in [-0.05, 0) is 63.1 Å². The van der Waals surface area contributed by atoms with Gasteiger partial charge in [-0.1, -0.05) is 0 Å². The second-order valence-corrected chi connectivity index (χ2v) is 6.36. The van der Waals surface area contributed by atoms with Crippen LogP contribution in [0, 0.1) is 13.8 Å². The molecule has 0 aliphatic carbocycles. The zero-order valence-corrected chi connectivity index (χ0v) is 14.6. The first-order valence-corrected chi connectivity index (χ1v) is 8.43. The van der Waals surface area contributed by atoms with E-state index in [0.717, 1.165) is 37.4 Å². The van der Waals surface area contributed by atoms with Crippen LogP contribution >= 0.6 is 0 Å². The molecule has 0 saturated carbocycles. The highest BCUT2D eigenvalue weighted by Gasteiger charge is 2.25. The number of hydrogen-bond donors (Lipinski definition) is 1. The van der Waals surface area contributed by atoms with Gasteiger partial charge in [-0.25, -0.2) is 4.79 Å². The molecule has 2 heterocycles. The maximum absolute atomic E-state index is 12.4. The average Bonchev–Trinajstić information content (AvgIpc) is 2.94. The number of carbonyl (C=O) groups excluding carboxylic acids is 1. The number of methoxy groups -OCH3 is 1. The van der Waals surface area contributed by atoms with Crippen molar-refractivity contribution in [3.8, 4) is 5.75 Å². The van der Waals surface area contributed by atoms with Gasteiger partial charge < -0.3 is 19.5 Å². The van der Waals surface area contributed by atoms with Gasteiger partial charge in [0, 0.05) is 36.2 Å². The highest BCUT2D eigenvalue weighted by atomic mass is 16.5. The summed E-state index contributed by atoms with van der Waals surface area (Å²) in [6, 6.07) is 12.2. The van der Waals surface area contributed by atoms with Crippen LogP contribution in [-0.4, -0.2) is 35.7 Å². The van der Waals surface area contributed by atoms with Crippen molar-refractivity contribution < 1.29 is 9.53 Å². The number of carbonyl (C=O) groups is 1. The molecule has 2 amide bonds. The Bertz CT molecular complexity index is 678. The van der Waals surface area contributed by atoms with Crippen molar-refractivity contribution >= 4 is 11.7 Å². The molecule has 0 bridgehead atoms. The van der Waals surface area contributed by atoms with Gasteiger partial charge in [-0.3, -0.25) is 0 Å². The summed E-state index contributed by atoms with van der Waals surface area (Å²) in [4.78, 5) is 14.3. The van der Waals surface area contributed by atoms with E-state index in [4.69, 9.17) is 4.74 Å². The molecule has 2 aromatic rings. The van der Waals surface area contributed by atoms with E-state index < -0.39 is 0 Å². The molecule has 5 nitrogen and oxygen atoms in total. The lowest BCUT2D eigenvalue weighted by Gasteiger charge is -2.34. The number of likely N-dealkylation sites (tertiary alicyclic amines) is 1. The average molecular weight is 327 g/mol. The summed E-state index contributed by atoms with van der Waals surface area (Å²) in [5, 5.41) is 2.96. The number of nitrogens with one attached hydrogen (secondary N) is 1.